The normalized spacial score (nSPS) is 14.1. The van der Waals surface area contributed by atoms with E-state index in [-0.39, 0.29) is 6.61 Å². The summed E-state index contributed by atoms with van der Waals surface area (Å²) >= 11 is 0. The lowest BCUT2D eigenvalue weighted by molar-refractivity contribution is 0.0856. The largest absolute Gasteiger partial charge is 0.489 e. The highest BCUT2D eigenvalue weighted by Crippen LogP contribution is 2.14. The fraction of sp³-hybridized carbons (Fsp3) is 0.300. The first kappa shape index (κ1) is 12.5. The molecule has 0 spiro atoms. The molecular formula is C10H11NO4S. The van der Waals surface area contributed by atoms with Crippen molar-refractivity contribution in [2.24, 2.45) is 0 Å². The molecule has 1 atom stereocenters. The number of nitrogens with zero attached hydrogens (tertiary/aromatic N) is 1. The summed E-state index contributed by atoms with van der Waals surface area (Å²) in [6.07, 6.45) is 0. The minimum Gasteiger partial charge on any atom is -0.489 e. The zero-order valence-electron chi connectivity index (χ0n) is 8.58. The van der Waals surface area contributed by atoms with Crippen LogP contribution in [0.5, 0.6) is 5.75 Å². The third-order valence-electron chi connectivity index (χ3n) is 1.89. The molecule has 16 heavy (non-hydrogen) atoms. The Hall–Kier alpha value is -1.58. The van der Waals surface area contributed by atoms with Crippen molar-refractivity contribution in [2.75, 3.05) is 6.61 Å². The van der Waals surface area contributed by atoms with Crippen LogP contribution in [-0.2, 0) is 10.7 Å². The number of rotatable bonds is 4. The summed E-state index contributed by atoms with van der Waals surface area (Å²) in [5, 5.41) is 17.9. The van der Waals surface area contributed by atoms with Gasteiger partial charge in [0.2, 0.25) is 0 Å². The van der Waals surface area contributed by atoms with Gasteiger partial charge < -0.3 is 9.84 Å². The number of ether oxygens (including phenoxy) is 1. The lowest BCUT2D eigenvalue weighted by Gasteiger charge is -2.16. The zero-order valence-corrected chi connectivity index (χ0v) is 9.48. The zero-order chi connectivity index (χ0) is 12.2. The average Bonchev–Trinajstić information content (AvgIpc) is 2.27. The number of hydrogen-bond donors (Lipinski definition) is 2. The molecule has 0 fully saturated rings. The minimum absolute atomic E-state index is 0.350. The number of aliphatic hydroxyl groups is 1. The molecule has 0 heterocycles. The van der Waals surface area contributed by atoms with Crippen molar-refractivity contribution in [1.29, 1.82) is 5.26 Å². The summed E-state index contributed by atoms with van der Waals surface area (Å²) < 4.78 is 26.3. The van der Waals surface area contributed by atoms with Gasteiger partial charge in [0, 0.05) is 0 Å². The number of benzene rings is 1. The first-order valence-corrected chi connectivity index (χ1v) is 5.63. The third kappa shape index (κ3) is 3.22. The lowest BCUT2D eigenvalue weighted by atomic mass is 10.2. The molecule has 1 aromatic rings. The van der Waals surface area contributed by atoms with Crippen molar-refractivity contribution in [3.8, 4) is 11.8 Å². The van der Waals surface area contributed by atoms with Gasteiger partial charge in [-0.05, 0) is 31.2 Å². The average molecular weight is 241 g/mol. The van der Waals surface area contributed by atoms with Crippen LogP contribution in [0.25, 0.3) is 0 Å². The molecule has 0 aliphatic carbocycles. The SMILES string of the molecule is CC(O)(COc1ccc(C#N)cc1)[SH](=O)=O. The molecule has 1 N–H and O–H groups in total. The molecule has 0 bridgehead atoms. The van der Waals surface area contributed by atoms with Crippen molar-refractivity contribution < 1.29 is 18.3 Å². The fourth-order valence-corrected chi connectivity index (χ4v) is 1.07. The van der Waals surface area contributed by atoms with Crippen molar-refractivity contribution >= 4 is 10.7 Å². The van der Waals surface area contributed by atoms with E-state index in [1.165, 1.54) is 12.1 Å². The van der Waals surface area contributed by atoms with Gasteiger partial charge in [-0.2, -0.15) is 5.26 Å². The highest BCUT2D eigenvalue weighted by molar-refractivity contribution is 7.73. The molecule has 0 aromatic heterocycles. The maximum absolute atomic E-state index is 10.6. The van der Waals surface area contributed by atoms with Gasteiger partial charge in [0.15, 0.2) is 15.6 Å². The van der Waals surface area contributed by atoms with Crippen molar-refractivity contribution in [2.45, 2.75) is 11.9 Å². The van der Waals surface area contributed by atoms with Gasteiger partial charge in [-0.1, -0.05) is 0 Å². The monoisotopic (exact) mass is 241 g/mol. The highest BCUT2D eigenvalue weighted by Gasteiger charge is 2.25. The second-order valence-corrected chi connectivity index (χ2v) is 4.88. The Morgan fingerprint density at radius 2 is 2.00 bits per heavy atom. The van der Waals surface area contributed by atoms with Gasteiger partial charge in [-0.15, -0.1) is 0 Å². The summed E-state index contributed by atoms with van der Waals surface area (Å²) in [5.41, 5.74) is 0.481. The van der Waals surface area contributed by atoms with Crippen LogP contribution in [0.4, 0.5) is 0 Å². The predicted octanol–water partition coefficient (Wildman–Crippen LogP) is 0.257. The maximum atomic E-state index is 10.6. The van der Waals surface area contributed by atoms with E-state index in [1.54, 1.807) is 12.1 Å². The Morgan fingerprint density at radius 1 is 1.44 bits per heavy atom. The summed E-state index contributed by atoms with van der Waals surface area (Å²) in [7, 11) is -2.97. The number of thiol groups is 1. The molecule has 0 radical (unpaired) electrons. The van der Waals surface area contributed by atoms with Crippen LogP contribution in [0.1, 0.15) is 12.5 Å². The maximum Gasteiger partial charge on any atom is 0.194 e. The Kier molecular flexibility index (Phi) is 3.88. The van der Waals surface area contributed by atoms with Gasteiger partial charge in [0.25, 0.3) is 0 Å². The summed E-state index contributed by atoms with van der Waals surface area (Å²) in [4.78, 5) is -1.89. The molecule has 86 valence electrons. The van der Waals surface area contributed by atoms with E-state index in [0.717, 1.165) is 6.92 Å². The molecule has 0 saturated carbocycles. The molecule has 1 unspecified atom stereocenters. The van der Waals surface area contributed by atoms with Gasteiger partial charge in [0.1, 0.15) is 12.4 Å². The summed E-state index contributed by atoms with van der Waals surface area (Å²) in [6.45, 7) is 0.806. The Bertz CT molecular complexity index is 463. The molecule has 0 aliphatic rings. The minimum atomic E-state index is -2.97. The highest BCUT2D eigenvalue weighted by atomic mass is 32.2. The number of nitriles is 1. The molecule has 0 amide bonds. The molecule has 0 saturated heterocycles. The topological polar surface area (TPSA) is 87.4 Å². The van der Waals surface area contributed by atoms with E-state index in [0.29, 0.717) is 11.3 Å². The van der Waals surface area contributed by atoms with Gasteiger partial charge in [-0.25, -0.2) is 8.42 Å². The van der Waals surface area contributed by atoms with E-state index in [9.17, 15) is 13.5 Å². The van der Waals surface area contributed by atoms with Crippen LogP contribution in [0.2, 0.25) is 0 Å². The van der Waals surface area contributed by atoms with Crippen LogP contribution in [0.3, 0.4) is 0 Å². The van der Waals surface area contributed by atoms with Crippen molar-refractivity contribution in [3.63, 3.8) is 0 Å². The molecule has 6 heteroatoms. The predicted molar refractivity (Wildman–Crippen MR) is 57.6 cm³/mol. The van der Waals surface area contributed by atoms with Gasteiger partial charge >= 0.3 is 0 Å². The van der Waals surface area contributed by atoms with E-state index in [2.05, 4.69) is 0 Å². The van der Waals surface area contributed by atoms with Crippen LogP contribution < -0.4 is 4.74 Å². The standard InChI is InChI=1S/C10H11NO4S/c1-10(12,16(13)14)7-15-9-4-2-8(6-11)3-5-9/h2-5,12,16H,7H2,1H3. The van der Waals surface area contributed by atoms with E-state index in [1.807, 2.05) is 6.07 Å². The van der Waals surface area contributed by atoms with Gasteiger partial charge in [0.05, 0.1) is 11.6 Å². The molecular weight excluding hydrogens is 230 g/mol. The first-order chi connectivity index (χ1) is 7.45. The van der Waals surface area contributed by atoms with Crippen molar-refractivity contribution in [3.05, 3.63) is 29.8 Å². The molecule has 1 rings (SSSR count). The van der Waals surface area contributed by atoms with E-state index >= 15 is 0 Å². The smallest absolute Gasteiger partial charge is 0.194 e. The molecule has 0 aliphatic heterocycles. The van der Waals surface area contributed by atoms with Gasteiger partial charge in [-0.3, -0.25) is 0 Å². The quantitative estimate of drug-likeness (QED) is 0.738. The summed E-state index contributed by atoms with van der Waals surface area (Å²) in [5.74, 6) is 0.399. The summed E-state index contributed by atoms with van der Waals surface area (Å²) in [6, 6.07) is 8.10. The van der Waals surface area contributed by atoms with E-state index < -0.39 is 15.6 Å². The lowest BCUT2D eigenvalue weighted by Crippen LogP contribution is -2.33. The second kappa shape index (κ2) is 4.96. The fourth-order valence-electron chi connectivity index (χ4n) is 0.898. The Balaban J connectivity index is 2.65. The van der Waals surface area contributed by atoms with Crippen LogP contribution in [-0.4, -0.2) is 25.1 Å². The van der Waals surface area contributed by atoms with Crippen molar-refractivity contribution in [1.82, 2.24) is 0 Å². The van der Waals surface area contributed by atoms with E-state index in [4.69, 9.17) is 10.00 Å². The molecule has 5 nitrogen and oxygen atoms in total. The Morgan fingerprint density at radius 3 is 2.44 bits per heavy atom. The van der Waals surface area contributed by atoms with Crippen LogP contribution in [0.15, 0.2) is 24.3 Å². The second-order valence-electron chi connectivity index (χ2n) is 3.40. The third-order valence-corrected chi connectivity index (χ3v) is 2.80. The first-order valence-electron chi connectivity index (χ1n) is 4.45. The van der Waals surface area contributed by atoms with Crippen LogP contribution >= 0.6 is 0 Å². The Labute approximate surface area is 94.8 Å². The molecule has 1 aromatic carbocycles. The number of hydrogen-bond acceptors (Lipinski definition) is 5. The van der Waals surface area contributed by atoms with Crippen LogP contribution in [0, 0.1) is 11.3 Å².